The van der Waals surface area contributed by atoms with E-state index < -0.39 is 12.1 Å². The molecule has 1 aliphatic rings. The number of aryl methyl sites for hydroxylation is 1. The highest BCUT2D eigenvalue weighted by molar-refractivity contribution is 6.36. The van der Waals surface area contributed by atoms with Crippen LogP contribution in [-0.4, -0.2) is 35.9 Å². The van der Waals surface area contributed by atoms with Crippen molar-refractivity contribution in [3.63, 3.8) is 0 Å². The molecule has 33 heavy (non-hydrogen) atoms. The fourth-order valence-electron chi connectivity index (χ4n) is 3.75. The normalized spacial score (nSPS) is 18.8. The Labute approximate surface area is 201 Å². The van der Waals surface area contributed by atoms with Gasteiger partial charge in [-0.05, 0) is 61.5 Å². The highest BCUT2D eigenvalue weighted by Crippen LogP contribution is 2.28. The standard InChI is InChI=1S/C25H21Cl2N3O3/c1-15-4-3-5-17(12-15)24(31)28-22-23(16-7-10-20(33-2)11-8-16)30(29-25(22)32)14-18-6-9-19(26)13-21(18)27/h3-14,22-23H,1-2H3,(H-,28,29,31,32)/p+1/b30-14-/t22-,23-/m1/s1. The molecular formula is C25H22Cl2N3O3+. The van der Waals surface area contributed by atoms with E-state index in [0.717, 1.165) is 11.1 Å². The van der Waals surface area contributed by atoms with Crippen molar-refractivity contribution >= 4 is 41.2 Å². The topological polar surface area (TPSA) is 70.4 Å². The largest absolute Gasteiger partial charge is 0.497 e. The average molecular weight is 483 g/mol. The summed E-state index contributed by atoms with van der Waals surface area (Å²) in [7, 11) is 1.59. The molecule has 2 N–H and O–H groups in total. The molecule has 0 bridgehead atoms. The molecule has 0 unspecified atom stereocenters. The van der Waals surface area contributed by atoms with Crippen LogP contribution in [0.15, 0.2) is 66.7 Å². The van der Waals surface area contributed by atoms with Crippen LogP contribution in [0.5, 0.6) is 5.75 Å². The van der Waals surface area contributed by atoms with Gasteiger partial charge in [-0.3, -0.25) is 9.59 Å². The van der Waals surface area contributed by atoms with Crippen LogP contribution in [-0.2, 0) is 4.79 Å². The summed E-state index contributed by atoms with van der Waals surface area (Å²) in [5.41, 5.74) is 5.76. The first-order valence-corrected chi connectivity index (χ1v) is 11.0. The molecule has 1 heterocycles. The second-order valence-corrected chi connectivity index (χ2v) is 8.56. The van der Waals surface area contributed by atoms with Crippen molar-refractivity contribution in [2.45, 2.75) is 19.0 Å². The van der Waals surface area contributed by atoms with Crippen LogP contribution in [0.4, 0.5) is 0 Å². The summed E-state index contributed by atoms with van der Waals surface area (Å²) in [6.45, 7) is 1.91. The molecule has 0 aliphatic carbocycles. The Morgan fingerprint density at radius 2 is 1.85 bits per heavy atom. The summed E-state index contributed by atoms with van der Waals surface area (Å²) in [6.07, 6.45) is 1.73. The Balaban J connectivity index is 1.73. The molecule has 2 amide bonds. The zero-order valence-electron chi connectivity index (χ0n) is 18.0. The molecule has 8 heteroatoms. The van der Waals surface area contributed by atoms with E-state index in [-0.39, 0.29) is 11.8 Å². The van der Waals surface area contributed by atoms with Gasteiger partial charge < -0.3 is 10.1 Å². The minimum atomic E-state index is -0.839. The summed E-state index contributed by atoms with van der Waals surface area (Å²) in [5, 5.41) is 3.84. The number of hydrogen-bond donors (Lipinski definition) is 2. The number of amides is 2. The molecule has 168 valence electrons. The maximum atomic E-state index is 13.0. The van der Waals surface area contributed by atoms with Crippen molar-refractivity contribution in [3.8, 4) is 5.75 Å². The van der Waals surface area contributed by atoms with Gasteiger partial charge in [0.15, 0.2) is 6.04 Å². The Morgan fingerprint density at radius 1 is 1.09 bits per heavy atom. The summed E-state index contributed by atoms with van der Waals surface area (Å²) in [6, 6.07) is 18.3. The van der Waals surface area contributed by atoms with Gasteiger partial charge in [0, 0.05) is 16.1 Å². The molecule has 3 aromatic carbocycles. The molecule has 2 atom stereocenters. The summed E-state index contributed by atoms with van der Waals surface area (Å²) < 4.78 is 6.91. The van der Waals surface area contributed by atoms with Crippen molar-refractivity contribution in [1.82, 2.24) is 10.7 Å². The second kappa shape index (κ2) is 9.65. The van der Waals surface area contributed by atoms with Gasteiger partial charge in [-0.2, -0.15) is 0 Å². The number of rotatable bonds is 5. The van der Waals surface area contributed by atoms with Crippen LogP contribution in [0.1, 0.15) is 33.1 Å². The lowest BCUT2D eigenvalue weighted by molar-refractivity contribution is -0.596. The number of hydrazine groups is 1. The van der Waals surface area contributed by atoms with Gasteiger partial charge in [-0.15, -0.1) is 10.1 Å². The van der Waals surface area contributed by atoms with Crippen LogP contribution in [0.3, 0.4) is 0 Å². The quantitative estimate of drug-likeness (QED) is 0.531. The number of nitrogens with one attached hydrogen (secondary N) is 2. The van der Waals surface area contributed by atoms with Crippen molar-refractivity contribution in [3.05, 3.63) is 99.0 Å². The van der Waals surface area contributed by atoms with Crippen molar-refractivity contribution in [2.24, 2.45) is 0 Å². The van der Waals surface area contributed by atoms with Gasteiger partial charge in [0.05, 0.1) is 17.7 Å². The number of hydrazone groups is 1. The monoisotopic (exact) mass is 482 g/mol. The van der Waals surface area contributed by atoms with Crippen molar-refractivity contribution < 1.29 is 19.0 Å². The predicted molar refractivity (Wildman–Crippen MR) is 128 cm³/mol. The SMILES string of the molecule is COc1ccc([C@@H]2[C@@H](NC(=O)c3cccc(C)c3)C(=O)N/[N+]2=C\c2ccc(Cl)cc2Cl)cc1. The molecule has 0 aromatic heterocycles. The number of halogens is 2. The minimum absolute atomic E-state index is 0.330. The van der Waals surface area contributed by atoms with Crippen LogP contribution < -0.4 is 15.5 Å². The van der Waals surface area contributed by atoms with E-state index in [0.29, 0.717) is 26.9 Å². The van der Waals surface area contributed by atoms with E-state index in [9.17, 15) is 9.59 Å². The van der Waals surface area contributed by atoms with E-state index in [2.05, 4.69) is 10.7 Å². The zero-order valence-corrected chi connectivity index (χ0v) is 19.5. The number of carbonyl (C=O) groups excluding carboxylic acids is 2. The number of methoxy groups -OCH3 is 1. The second-order valence-electron chi connectivity index (χ2n) is 7.72. The third-order valence-electron chi connectivity index (χ3n) is 5.40. The van der Waals surface area contributed by atoms with Crippen molar-refractivity contribution in [1.29, 1.82) is 0 Å². The Hall–Kier alpha value is -3.35. The Kier molecular flexibility index (Phi) is 6.67. The lowest BCUT2D eigenvalue weighted by atomic mass is 9.99. The van der Waals surface area contributed by atoms with E-state index in [1.54, 1.807) is 48.3 Å². The smallest absolute Gasteiger partial charge is 0.304 e. The van der Waals surface area contributed by atoms with Gasteiger partial charge >= 0.3 is 5.91 Å². The molecule has 6 nitrogen and oxygen atoms in total. The summed E-state index contributed by atoms with van der Waals surface area (Å²) in [5.74, 6) is 0.0227. The number of hydrogen-bond acceptors (Lipinski definition) is 3. The lowest BCUT2D eigenvalue weighted by Crippen LogP contribution is -2.42. The van der Waals surface area contributed by atoms with Gasteiger partial charge in [0.25, 0.3) is 5.91 Å². The number of nitrogens with zero attached hydrogens (tertiary/aromatic N) is 1. The maximum absolute atomic E-state index is 13.0. The lowest BCUT2D eigenvalue weighted by Gasteiger charge is -2.15. The molecule has 0 spiro atoms. The first kappa shape index (κ1) is 22.8. The predicted octanol–water partition coefficient (Wildman–Crippen LogP) is 4.33. The highest BCUT2D eigenvalue weighted by atomic mass is 35.5. The average Bonchev–Trinajstić information content (AvgIpc) is 3.10. The third-order valence-corrected chi connectivity index (χ3v) is 5.96. The van der Waals surface area contributed by atoms with Crippen LogP contribution >= 0.6 is 23.2 Å². The molecule has 1 saturated heterocycles. The molecule has 0 saturated carbocycles. The van der Waals surface area contributed by atoms with Crippen LogP contribution in [0.25, 0.3) is 0 Å². The Bertz CT molecular complexity index is 1240. The highest BCUT2D eigenvalue weighted by Gasteiger charge is 2.47. The van der Waals surface area contributed by atoms with Gasteiger partial charge in [0.1, 0.15) is 5.75 Å². The maximum Gasteiger partial charge on any atom is 0.304 e. The zero-order chi connectivity index (χ0) is 23.5. The third kappa shape index (κ3) is 5.02. The van der Waals surface area contributed by atoms with Gasteiger partial charge in [0.2, 0.25) is 12.3 Å². The van der Waals surface area contributed by atoms with Crippen molar-refractivity contribution in [2.75, 3.05) is 7.11 Å². The molecule has 1 aliphatic heterocycles. The fraction of sp³-hybridized carbons (Fsp3) is 0.160. The molecule has 0 radical (unpaired) electrons. The van der Waals surface area contributed by atoms with Crippen LogP contribution in [0.2, 0.25) is 10.0 Å². The molecular weight excluding hydrogens is 461 g/mol. The number of benzene rings is 3. The van der Waals surface area contributed by atoms with E-state index in [4.69, 9.17) is 27.9 Å². The molecule has 3 aromatic rings. The summed E-state index contributed by atoms with van der Waals surface area (Å²) >= 11 is 12.4. The van der Waals surface area contributed by atoms with E-state index in [1.165, 1.54) is 0 Å². The van der Waals surface area contributed by atoms with Gasteiger partial charge in [-0.25, -0.2) is 0 Å². The molecule has 1 fully saturated rings. The van der Waals surface area contributed by atoms with Gasteiger partial charge in [-0.1, -0.05) is 40.9 Å². The number of carbonyl (C=O) groups is 2. The minimum Gasteiger partial charge on any atom is -0.497 e. The van der Waals surface area contributed by atoms with E-state index >= 15 is 0 Å². The first-order valence-electron chi connectivity index (χ1n) is 10.3. The Morgan fingerprint density at radius 3 is 2.52 bits per heavy atom. The fourth-order valence-corrected chi connectivity index (χ4v) is 4.21. The van der Waals surface area contributed by atoms with E-state index in [1.807, 2.05) is 43.3 Å². The van der Waals surface area contributed by atoms with Crippen LogP contribution in [0, 0.1) is 6.92 Å². The summed E-state index contributed by atoms with van der Waals surface area (Å²) in [4.78, 5) is 25.9. The first-order chi connectivity index (χ1) is 15.9. The number of ether oxygens (including phenoxy) is 1. The molecule has 4 rings (SSSR count).